The van der Waals surface area contributed by atoms with Crippen LogP contribution in [0.2, 0.25) is 0 Å². The molecule has 116 valence electrons. The van der Waals surface area contributed by atoms with Crippen LogP contribution < -0.4 is 0 Å². The minimum absolute atomic E-state index is 0.0419. The number of hydrogen-bond acceptors (Lipinski definition) is 5. The number of likely N-dealkylation sites (tertiary alicyclic amines) is 1. The predicted octanol–water partition coefficient (Wildman–Crippen LogP) is 0.462. The second-order valence-corrected chi connectivity index (χ2v) is 7.74. The molecule has 0 aromatic carbocycles. The SMILES string of the molecule is CN1C[C@H](COC(=O)[C@H]2CS[C@@]3(C)CCC(=O)N23)CC1=O. The highest BCUT2D eigenvalue weighted by Crippen LogP contribution is 2.47. The molecule has 0 aliphatic carbocycles. The van der Waals surface area contributed by atoms with Crippen molar-refractivity contribution >= 4 is 29.5 Å². The summed E-state index contributed by atoms with van der Waals surface area (Å²) in [6.07, 6.45) is 1.74. The molecule has 0 spiro atoms. The highest BCUT2D eigenvalue weighted by atomic mass is 32.2. The molecule has 0 aromatic heterocycles. The van der Waals surface area contributed by atoms with Gasteiger partial charge in [0.1, 0.15) is 6.04 Å². The van der Waals surface area contributed by atoms with Crippen LogP contribution in [-0.4, -0.2) is 64.4 Å². The zero-order valence-electron chi connectivity index (χ0n) is 12.3. The van der Waals surface area contributed by atoms with Gasteiger partial charge in [0.05, 0.1) is 11.5 Å². The lowest BCUT2D eigenvalue weighted by molar-refractivity contribution is -0.154. The summed E-state index contributed by atoms with van der Waals surface area (Å²) in [5.41, 5.74) is 0. The molecule has 0 radical (unpaired) electrons. The monoisotopic (exact) mass is 312 g/mol. The van der Waals surface area contributed by atoms with Crippen molar-refractivity contribution in [1.29, 1.82) is 0 Å². The number of amides is 2. The number of carbonyl (C=O) groups excluding carboxylic acids is 3. The van der Waals surface area contributed by atoms with Crippen LogP contribution in [0.4, 0.5) is 0 Å². The standard InChI is InChI=1S/C14H20N2O4S/c1-14-4-3-11(17)16(14)10(8-21-14)13(19)20-7-9-5-12(18)15(2)6-9/h9-10H,3-8H2,1-2H3/t9-,10-,14+/m1/s1. The van der Waals surface area contributed by atoms with Crippen molar-refractivity contribution in [3.8, 4) is 0 Å². The Morgan fingerprint density at radius 1 is 1.43 bits per heavy atom. The molecule has 3 fully saturated rings. The van der Waals surface area contributed by atoms with E-state index in [2.05, 4.69) is 0 Å². The van der Waals surface area contributed by atoms with E-state index in [4.69, 9.17) is 4.74 Å². The fourth-order valence-corrected chi connectivity index (χ4v) is 4.78. The van der Waals surface area contributed by atoms with Crippen LogP contribution in [0.25, 0.3) is 0 Å². The first-order valence-corrected chi connectivity index (χ1v) is 8.26. The molecule has 3 atom stereocenters. The Morgan fingerprint density at radius 3 is 2.86 bits per heavy atom. The van der Waals surface area contributed by atoms with Gasteiger partial charge in [-0.25, -0.2) is 4.79 Å². The second kappa shape index (κ2) is 5.19. The number of rotatable bonds is 3. The van der Waals surface area contributed by atoms with Gasteiger partial charge in [-0.3, -0.25) is 9.59 Å². The lowest BCUT2D eigenvalue weighted by Gasteiger charge is -2.29. The van der Waals surface area contributed by atoms with Crippen molar-refractivity contribution in [1.82, 2.24) is 9.80 Å². The molecular formula is C14H20N2O4S. The maximum absolute atomic E-state index is 12.3. The van der Waals surface area contributed by atoms with Crippen LogP contribution >= 0.6 is 11.8 Å². The third kappa shape index (κ3) is 2.52. The predicted molar refractivity (Wildman–Crippen MR) is 77.4 cm³/mol. The molecular weight excluding hydrogens is 292 g/mol. The topological polar surface area (TPSA) is 66.9 Å². The van der Waals surface area contributed by atoms with Crippen LogP contribution in [0.5, 0.6) is 0 Å². The molecule has 0 bridgehead atoms. The van der Waals surface area contributed by atoms with E-state index in [-0.39, 0.29) is 35.2 Å². The smallest absolute Gasteiger partial charge is 0.329 e. The van der Waals surface area contributed by atoms with E-state index >= 15 is 0 Å². The Balaban J connectivity index is 1.57. The van der Waals surface area contributed by atoms with Crippen molar-refractivity contribution in [3.63, 3.8) is 0 Å². The lowest BCUT2D eigenvalue weighted by atomic mass is 10.1. The zero-order chi connectivity index (χ0) is 15.2. The summed E-state index contributed by atoms with van der Waals surface area (Å²) in [5, 5.41) is 0. The number of ether oxygens (including phenoxy) is 1. The fraction of sp³-hybridized carbons (Fsp3) is 0.786. The summed E-state index contributed by atoms with van der Waals surface area (Å²) >= 11 is 1.66. The second-order valence-electron chi connectivity index (χ2n) is 6.24. The first-order chi connectivity index (χ1) is 9.90. The van der Waals surface area contributed by atoms with E-state index in [9.17, 15) is 14.4 Å². The third-order valence-corrected chi connectivity index (χ3v) is 6.10. The van der Waals surface area contributed by atoms with Gasteiger partial charge in [0.15, 0.2) is 0 Å². The minimum Gasteiger partial charge on any atom is -0.464 e. The molecule has 3 aliphatic rings. The van der Waals surface area contributed by atoms with Crippen molar-refractivity contribution < 1.29 is 19.1 Å². The highest BCUT2D eigenvalue weighted by molar-refractivity contribution is 8.01. The average Bonchev–Trinajstić information content (AvgIpc) is 3.03. The molecule has 0 unspecified atom stereocenters. The van der Waals surface area contributed by atoms with Gasteiger partial charge in [0.2, 0.25) is 11.8 Å². The van der Waals surface area contributed by atoms with Gasteiger partial charge in [-0.1, -0.05) is 0 Å². The summed E-state index contributed by atoms with van der Waals surface area (Å²) in [6, 6.07) is -0.468. The summed E-state index contributed by atoms with van der Waals surface area (Å²) in [6.45, 7) is 2.90. The highest BCUT2D eigenvalue weighted by Gasteiger charge is 2.53. The zero-order valence-corrected chi connectivity index (χ0v) is 13.1. The van der Waals surface area contributed by atoms with Crippen molar-refractivity contribution in [3.05, 3.63) is 0 Å². The van der Waals surface area contributed by atoms with Crippen molar-refractivity contribution in [2.45, 2.75) is 37.1 Å². The molecule has 3 heterocycles. The summed E-state index contributed by atoms with van der Waals surface area (Å²) < 4.78 is 5.38. The van der Waals surface area contributed by atoms with Gasteiger partial charge < -0.3 is 14.5 Å². The quantitative estimate of drug-likeness (QED) is 0.708. The number of carbonyl (C=O) groups is 3. The molecule has 0 N–H and O–H groups in total. The van der Waals surface area contributed by atoms with Gasteiger partial charge in [-0.15, -0.1) is 11.8 Å². The summed E-state index contributed by atoms with van der Waals surface area (Å²) in [7, 11) is 1.76. The number of thioether (sulfide) groups is 1. The van der Waals surface area contributed by atoms with Crippen LogP contribution in [0.1, 0.15) is 26.2 Å². The Labute approximate surface area is 128 Å². The van der Waals surface area contributed by atoms with E-state index in [0.717, 1.165) is 6.42 Å². The van der Waals surface area contributed by atoms with Crippen molar-refractivity contribution in [2.75, 3.05) is 26.0 Å². The summed E-state index contributed by atoms with van der Waals surface area (Å²) in [4.78, 5) is 38.8. The van der Waals surface area contributed by atoms with Crippen LogP contribution in [0.3, 0.4) is 0 Å². The molecule has 3 aliphatic heterocycles. The van der Waals surface area contributed by atoms with Gasteiger partial charge in [0, 0.05) is 38.1 Å². The molecule has 3 saturated heterocycles. The third-order valence-electron chi connectivity index (χ3n) is 4.60. The average molecular weight is 312 g/mol. The van der Waals surface area contributed by atoms with E-state index in [0.29, 0.717) is 25.1 Å². The number of fused-ring (bicyclic) bond motifs is 1. The van der Waals surface area contributed by atoms with E-state index in [1.807, 2.05) is 6.92 Å². The van der Waals surface area contributed by atoms with Gasteiger partial charge >= 0.3 is 5.97 Å². The van der Waals surface area contributed by atoms with Gasteiger partial charge in [0.25, 0.3) is 0 Å². The molecule has 6 nitrogen and oxygen atoms in total. The Hall–Kier alpha value is -1.24. The van der Waals surface area contributed by atoms with Gasteiger partial charge in [-0.2, -0.15) is 0 Å². The molecule has 21 heavy (non-hydrogen) atoms. The van der Waals surface area contributed by atoms with E-state index < -0.39 is 6.04 Å². The molecule has 7 heteroatoms. The van der Waals surface area contributed by atoms with Crippen molar-refractivity contribution in [2.24, 2.45) is 5.92 Å². The Morgan fingerprint density at radius 2 is 2.19 bits per heavy atom. The molecule has 2 amide bonds. The number of nitrogens with zero attached hydrogens (tertiary/aromatic N) is 2. The van der Waals surface area contributed by atoms with Gasteiger partial charge in [-0.05, 0) is 13.3 Å². The van der Waals surface area contributed by atoms with E-state index in [1.54, 1.807) is 28.6 Å². The lowest BCUT2D eigenvalue weighted by Crippen LogP contribution is -2.46. The molecule has 3 rings (SSSR count). The summed E-state index contributed by atoms with van der Waals surface area (Å²) in [5.74, 6) is 0.476. The maximum atomic E-state index is 12.3. The molecule has 0 saturated carbocycles. The largest absolute Gasteiger partial charge is 0.464 e. The minimum atomic E-state index is -0.468. The van der Waals surface area contributed by atoms with E-state index in [1.165, 1.54) is 0 Å². The maximum Gasteiger partial charge on any atom is 0.329 e. The fourth-order valence-electron chi connectivity index (χ4n) is 3.36. The molecule has 0 aromatic rings. The first kappa shape index (κ1) is 14.7. The van der Waals surface area contributed by atoms with Crippen LogP contribution in [-0.2, 0) is 19.1 Å². The number of hydrogen-bond donors (Lipinski definition) is 0. The Bertz CT molecular complexity index is 497. The van der Waals surface area contributed by atoms with Crippen LogP contribution in [0, 0.1) is 5.92 Å². The van der Waals surface area contributed by atoms with Crippen LogP contribution in [0.15, 0.2) is 0 Å². The number of esters is 1. The first-order valence-electron chi connectivity index (χ1n) is 7.27. The Kier molecular flexibility index (Phi) is 3.63. The normalized spacial score (nSPS) is 35.5.